The van der Waals surface area contributed by atoms with E-state index in [2.05, 4.69) is 14.8 Å². The lowest BCUT2D eigenvalue weighted by molar-refractivity contribution is -0.159. The van der Waals surface area contributed by atoms with Gasteiger partial charge in [0.2, 0.25) is 0 Å². The van der Waals surface area contributed by atoms with E-state index in [1.165, 1.54) is 0 Å². The third-order valence-electron chi connectivity index (χ3n) is 1.38. The lowest BCUT2D eigenvalue weighted by atomic mass is 10.3. The number of hydrogen-bond acceptors (Lipinski definition) is 4. The Morgan fingerprint density at radius 2 is 2.00 bits per heavy atom. The number of ether oxygens (including phenoxy) is 1. The van der Waals surface area contributed by atoms with E-state index in [4.69, 9.17) is 5.53 Å². The minimum atomic E-state index is -0.559. The largest absolute Gasteiger partial charge is 0.393 e. The van der Waals surface area contributed by atoms with Crippen molar-refractivity contribution in [2.24, 2.45) is 5.11 Å². The van der Waals surface area contributed by atoms with Crippen molar-refractivity contribution >= 4 is 11.9 Å². The molecule has 0 saturated carbocycles. The van der Waals surface area contributed by atoms with Gasteiger partial charge in [0, 0.05) is 24.3 Å². The molecule has 0 fully saturated rings. The van der Waals surface area contributed by atoms with Gasteiger partial charge in [-0.25, -0.2) is 0 Å². The van der Waals surface area contributed by atoms with Crippen LogP contribution in [-0.2, 0) is 14.3 Å². The number of azide groups is 1. The molecule has 0 amide bonds. The molecule has 78 valence electrons. The summed E-state index contributed by atoms with van der Waals surface area (Å²) in [5.74, 6) is -1.06. The second kappa shape index (κ2) is 8.07. The Kier molecular flexibility index (Phi) is 7.17. The zero-order valence-corrected chi connectivity index (χ0v) is 8.10. The molecule has 0 radical (unpaired) electrons. The highest BCUT2D eigenvalue weighted by molar-refractivity contribution is 5.85. The van der Waals surface area contributed by atoms with Crippen LogP contribution >= 0.6 is 0 Å². The molecule has 0 atom stereocenters. The standard InChI is InChI=1S/C8H13N3O3/c1-2-4-7(12)14-8(13)5-3-6-10-11-9/h2-6H2,1H3. The number of nitrogens with zero attached hydrogens (tertiary/aromatic N) is 3. The molecule has 0 aromatic rings. The maximum atomic E-state index is 10.9. The first-order valence-electron chi connectivity index (χ1n) is 4.45. The van der Waals surface area contributed by atoms with Crippen LogP contribution in [0.3, 0.4) is 0 Å². The molecule has 0 spiro atoms. The highest BCUT2D eigenvalue weighted by atomic mass is 16.6. The average molecular weight is 199 g/mol. The van der Waals surface area contributed by atoms with Crippen molar-refractivity contribution in [3.63, 3.8) is 0 Å². The van der Waals surface area contributed by atoms with Crippen molar-refractivity contribution in [1.82, 2.24) is 0 Å². The Morgan fingerprint density at radius 1 is 1.36 bits per heavy atom. The molecule has 0 heterocycles. The summed E-state index contributed by atoms with van der Waals surface area (Å²) in [6.45, 7) is 2.07. The third kappa shape index (κ3) is 7.12. The molecule has 6 nitrogen and oxygen atoms in total. The van der Waals surface area contributed by atoms with Crippen molar-refractivity contribution < 1.29 is 14.3 Å². The quantitative estimate of drug-likeness (QED) is 0.163. The van der Waals surface area contributed by atoms with Crippen molar-refractivity contribution in [3.8, 4) is 0 Å². The van der Waals surface area contributed by atoms with Gasteiger partial charge in [0.25, 0.3) is 0 Å². The van der Waals surface area contributed by atoms with E-state index >= 15 is 0 Å². The minimum Gasteiger partial charge on any atom is -0.393 e. The Balaban J connectivity index is 3.54. The lowest BCUT2D eigenvalue weighted by Crippen LogP contribution is -2.11. The van der Waals surface area contributed by atoms with Gasteiger partial charge in [-0.15, -0.1) is 0 Å². The predicted molar refractivity (Wildman–Crippen MR) is 49.3 cm³/mol. The van der Waals surface area contributed by atoms with Gasteiger partial charge < -0.3 is 4.74 Å². The van der Waals surface area contributed by atoms with E-state index < -0.39 is 11.9 Å². The fraction of sp³-hybridized carbons (Fsp3) is 0.750. The van der Waals surface area contributed by atoms with Crippen molar-refractivity contribution in [2.75, 3.05) is 6.54 Å². The first-order chi connectivity index (χ1) is 6.70. The van der Waals surface area contributed by atoms with Crippen LogP contribution in [0.25, 0.3) is 10.4 Å². The average Bonchev–Trinajstić information content (AvgIpc) is 2.13. The molecule has 14 heavy (non-hydrogen) atoms. The summed E-state index contributed by atoms with van der Waals surface area (Å²) in [6, 6.07) is 0. The van der Waals surface area contributed by atoms with E-state index in [1.807, 2.05) is 6.92 Å². The summed E-state index contributed by atoms with van der Waals surface area (Å²) < 4.78 is 4.46. The number of esters is 2. The predicted octanol–water partition coefficient (Wildman–Crippen LogP) is 1.95. The fourth-order valence-electron chi connectivity index (χ4n) is 0.772. The monoisotopic (exact) mass is 199 g/mol. The van der Waals surface area contributed by atoms with E-state index in [9.17, 15) is 9.59 Å². The van der Waals surface area contributed by atoms with Crippen LogP contribution in [0, 0.1) is 0 Å². The van der Waals surface area contributed by atoms with E-state index in [-0.39, 0.29) is 19.4 Å². The summed E-state index contributed by atoms with van der Waals surface area (Å²) in [5, 5.41) is 3.25. The molecule has 0 unspecified atom stereocenters. The molecular formula is C8H13N3O3. The second-order valence-electron chi connectivity index (χ2n) is 2.65. The summed E-state index contributed by atoms with van der Waals surface area (Å²) in [5.41, 5.74) is 7.93. The Bertz CT molecular complexity index is 246. The first kappa shape index (κ1) is 12.4. The SMILES string of the molecule is CCCC(=O)OC(=O)CCCN=[N+]=[N-]. The zero-order valence-electron chi connectivity index (χ0n) is 8.10. The van der Waals surface area contributed by atoms with Crippen LogP contribution in [-0.4, -0.2) is 18.5 Å². The van der Waals surface area contributed by atoms with Gasteiger partial charge in [-0.05, 0) is 18.4 Å². The topological polar surface area (TPSA) is 92.1 Å². The van der Waals surface area contributed by atoms with E-state index in [0.717, 1.165) is 0 Å². The van der Waals surface area contributed by atoms with Crippen molar-refractivity contribution in [1.29, 1.82) is 0 Å². The van der Waals surface area contributed by atoms with Crippen molar-refractivity contribution in [2.45, 2.75) is 32.6 Å². The lowest BCUT2D eigenvalue weighted by Gasteiger charge is -2.00. The van der Waals surface area contributed by atoms with Gasteiger partial charge in [0.15, 0.2) is 0 Å². The molecule has 0 rings (SSSR count). The van der Waals surface area contributed by atoms with Crippen LogP contribution in [0.2, 0.25) is 0 Å². The van der Waals surface area contributed by atoms with Crippen LogP contribution < -0.4 is 0 Å². The highest BCUT2D eigenvalue weighted by Gasteiger charge is 2.08. The van der Waals surface area contributed by atoms with Gasteiger partial charge in [-0.1, -0.05) is 12.0 Å². The number of carbonyl (C=O) groups is 2. The van der Waals surface area contributed by atoms with Gasteiger partial charge >= 0.3 is 11.9 Å². The summed E-state index contributed by atoms with van der Waals surface area (Å²) in [7, 11) is 0. The van der Waals surface area contributed by atoms with E-state index in [1.54, 1.807) is 0 Å². The molecule has 0 saturated heterocycles. The number of rotatable bonds is 6. The van der Waals surface area contributed by atoms with Crippen molar-refractivity contribution in [3.05, 3.63) is 10.4 Å². The molecule has 0 bridgehead atoms. The maximum absolute atomic E-state index is 10.9. The van der Waals surface area contributed by atoms with Gasteiger partial charge in [0.1, 0.15) is 0 Å². The maximum Gasteiger partial charge on any atom is 0.313 e. The van der Waals surface area contributed by atoms with Gasteiger partial charge in [-0.3, -0.25) is 9.59 Å². The Morgan fingerprint density at radius 3 is 2.57 bits per heavy atom. The molecule has 0 aromatic heterocycles. The molecule has 0 aliphatic carbocycles. The van der Waals surface area contributed by atoms with E-state index in [0.29, 0.717) is 12.8 Å². The summed E-state index contributed by atoms with van der Waals surface area (Å²) in [4.78, 5) is 24.3. The minimum absolute atomic E-state index is 0.106. The van der Waals surface area contributed by atoms with Gasteiger partial charge in [0.05, 0.1) is 0 Å². The Hall–Kier alpha value is -1.55. The molecular weight excluding hydrogens is 186 g/mol. The summed E-state index contributed by atoms with van der Waals surface area (Å²) >= 11 is 0. The Labute approximate surface area is 81.9 Å². The zero-order chi connectivity index (χ0) is 10.8. The van der Waals surface area contributed by atoms with Crippen LogP contribution in [0.5, 0.6) is 0 Å². The molecule has 0 N–H and O–H groups in total. The normalized spacial score (nSPS) is 8.93. The molecule has 0 aliphatic heterocycles. The first-order valence-corrected chi connectivity index (χ1v) is 4.45. The second-order valence-corrected chi connectivity index (χ2v) is 2.65. The smallest absolute Gasteiger partial charge is 0.313 e. The van der Waals surface area contributed by atoms with Crippen LogP contribution in [0.4, 0.5) is 0 Å². The van der Waals surface area contributed by atoms with Crippen LogP contribution in [0.15, 0.2) is 5.11 Å². The highest BCUT2D eigenvalue weighted by Crippen LogP contribution is 1.97. The third-order valence-corrected chi connectivity index (χ3v) is 1.38. The van der Waals surface area contributed by atoms with Gasteiger partial charge in [-0.2, -0.15) is 0 Å². The molecule has 6 heteroatoms. The van der Waals surface area contributed by atoms with Crippen LogP contribution in [0.1, 0.15) is 32.6 Å². The fourth-order valence-corrected chi connectivity index (χ4v) is 0.772. The number of hydrogen-bond donors (Lipinski definition) is 0. The number of carbonyl (C=O) groups excluding carboxylic acids is 2. The molecule has 0 aliphatic rings. The molecule has 0 aromatic carbocycles. The summed E-state index contributed by atoms with van der Waals surface area (Å²) in [6.07, 6.45) is 1.42.